The second kappa shape index (κ2) is 8.19. The molecule has 3 aromatic rings. The summed E-state index contributed by atoms with van der Waals surface area (Å²) in [5, 5.41) is 9.76. The van der Waals surface area contributed by atoms with Crippen LogP contribution in [-0.2, 0) is 13.2 Å². The summed E-state index contributed by atoms with van der Waals surface area (Å²) in [5.74, 6) is 2.12. The maximum atomic E-state index is 5.99. The Morgan fingerprint density at radius 3 is 2.72 bits per heavy atom. The Bertz CT molecular complexity index is 803. The van der Waals surface area contributed by atoms with Crippen molar-refractivity contribution in [3.8, 4) is 11.5 Å². The highest BCUT2D eigenvalue weighted by Crippen LogP contribution is 2.29. The minimum atomic E-state index is 0.516. The van der Waals surface area contributed by atoms with Gasteiger partial charge in [-0.25, -0.2) is 10.1 Å². The number of aryl methyl sites for hydroxylation is 1. The van der Waals surface area contributed by atoms with E-state index in [4.69, 9.17) is 9.47 Å². The molecule has 3 rings (SSSR count). The molecule has 1 aromatic heterocycles. The Balaban J connectivity index is 1.69. The van der Waals surface area contributed by atoms with Crippen LogP contribution in [0.4, 0.5) is 5.95 Å². The molecule has 1 heterocycles. The average molecular weight is 338 g/mol. The Hall–Kier alpha value is -3.02. The lowest BCUT2D eigenvalue weighted by molar-refractivity contribution is 0.268. The molecular weight excluding hydrogens is 316 g/mol. The molecule has 2 aromatic carbocycles. The van der Waals surface area contributed by atoms with Crippen LogP contribution in [0.25, 0.3) is 0 Å². The van der Waals surface area contributed by atoms with Crippen LogP contribution in [0.5, 0.6) is 11.5 Å². The lowest BCUT2D eigenvalue weighted by Crippen LogP contribution is -2.04. The molecule has 6 nitrogen and oxygen atoms in total. The van der Waals surface area contributed by atoms with Gasteiger partial charge in [0.05, 0.1) is 6.61 Å². The summed E-state index contributed by atoms with van der Waals surface area (Å²) >= 11 is 0. The lowest BCUT2D eigenvalue weighted by atomic mass is 10.1. The van der Waals surface area contributed by atoms with Gasteiger partial charge in [0.1, 0.15) is 12.9 Å². The number of nitrogens with zero attached hydrogens (tertiary/aromatic N) is 2. The fourth-order valence-corrected chi connectivity index (χ4v) is 2.45. The van der Waals surface area contributed by atoms with Crippen LogP contribution in [0.2, 0.25) is 0 Å². The molecule has 0 aliphatic carbocycles. The molecule has 0 atom stereocenters. The number of hydrogen-bond acceptors (Lipinski definition) is 5. The quantitative estimate of drug-likeness (QED) is 0.655. The molecule has 0 saturated carbocycles. The predicted molar refractivity (Wildman–Crippen MR) is 96.8 cm³/mol. The van der Waals surface area contributed by atoms with Gasteiger partial charge in [0, 0.05) is 6.54 Å². The van der Waals surface area contributed by atoms with E-state index in [0.29, 0.717) is 25.7 Å². The Morgan fingerprint density at radius 1 is 1.08 bits per heavy atom. The number of aromatic nitrogens is 3. The second-order valence-corrected chi connectivity index (χ2v) is 5.62. The van der Waals surface area contributed by atoms with Gasteiger partial charge in [-0.15, -0.1) is 0 Å². The Morgan fingerprint density at radius 2 is 1.96 bits per heavy atom. The van der Waals surface area contributed by atoms with Crippen molar-refractivity contribution in [3.05, 3.63) is 65.5 Å². The van der Waals surface area contributed by atoms with Crippen molar-refractivity contribution in [2.75, 3.05) is 11.9 Å². The Labute approximate surface area is 147 Å². The molecule has 0 fully saturated rings. The number of aromatic amines is 1. The van der Waals surface area contributed by atoms with Gasteiger partial charge in [0.2, 0.25) is 5.95 Å². The van der Waals surface area contributed by atoms with E-state index in [1.165, 1.54) is 17.5 Å². The maximum Gasteiger partial charge on any atom is 0.218 e. The molecule has 130 valence electrons. The van der Waals surface area contributed by atoms with Gasteiger partial charge < -0.3 is 14.8 Å². The summed E-state index contributed by atoms with van der Waals surface area (Å²) < 4.78 is 11.7. The molecule has 6 heteroatoms. The standard InChI is InChI=1S/C19H22N4O2/c1-3-24-18-10-15(11-20-19-21-13-22-23-19)8-9-17(18)25-12-16-7-5-4-6-14(16)2/h4-10,13H,3,11-12H2,1-2H3,(H2,20,21,22,23). The summed E-state index contributed by atoms with van der Waals surface area (Å²) in [4.78, 5) is 4.05. The Kier molecular flexibility index (Phi) is 5.51. The van der Waals surface area contributed by atoms with Crippen LogP contribution < -0.4 is 14.8 Å². The van der Waals surface area contributed by atoms with Gasteiger partial charge in [0.15, 0.2) is 11.5 Å². The number of hydrogen-bond donors (Lipinski definition) is 2. The van der Waals surface area contributed by atoms with E-state index in [1.54, 1.807) is 0 Å². The molecule has 0 unspecified atom stereocenters. The third-order valence-corrected chi connectivity index (χ3v) is 3.83. The maximum absolute atomic E-state index is 5.99. The summed E-state index contributed by atoms with van der Waals surface area (Å²) in [7, 11) is 0. The van der Waals surface area contributed by atoms with Crippen LogP contribution in [0.1, 0.15) is 23.6 Å². The number of anilines is 1. The topological polar surface area (TPSA) is 72.1 Å². The number of H-pyrrole nitrogens is 1. The molecule has 2 N–H and O–H groups in total. The fourth-order valence-electron chi connectivity index (χ4n) is 2.45. The summed E-state index contributed by atoms with van der Waals surface area (Å²) in [5.41, 5.74) is 3.46. The van der Waals surface area contributed by atoms with Crippen LogP contribution in [-0.4, -0.2) is 21.8 Å². The largest absolute Gasteiger partial charge is 0.490 e. The third kappa shape index (κ3) is 4.50. The van der Waals surface area contributed by atoms with Gasteiger partial charge in [-0.1, -0.05) is 30.3 Å². The molecule has 0 radical (unpaired) electrons. The highest BCUT2D eigenvalue weighted by Gasteiger charge is 2.08. The molecule has 0 aliphatic rings. The van der Waals surface area contributed by atoms with Crippen molar-refractivity contribution in [3.63, 3.8) is 0 Å². The number of nitrogens with one attached hydrogen (secondary N) is 2. The summed E-state index contributed by atoms with van der Waals surface area (Å²) in [6, 6.07) is 14.2. The minimum absolute atomic E-state index is 0.516. The van der Waals surface area contributed by atoms with E-state index in [0.717, 1.165) is 17.1 Å². The van der Waals surface area contributed by atoms with Crippen molar-refractivity contribution < 1.29 is 9.47 Å². The molecule has 0 amide bonds. The zero-order valence-corrected chi connectivity index (χ0v) is 14.5. The van der Waals surface area contributed by atoms with E-state index >= 15 is 0 Å². The molecular formula is C19H22N4O2. The first-order chi connectivity index (χ1) is 12.3. The summed E-state index contributed by atoms with van der Waals surface area (Å²) in [6.07, 6.45) is 1.47. The van der Waals surface area contributed by atoms with Gasteiger partial charge in [0.25, 0.3) is 0 Å². The first-order valence-corrected chi connectivity index (χ1v) is 8.28. The molecule has 0 spiro atoms. The monoisotopic (exact) mass is 338 g/mol. The second-order valence-electron chi connectivity index (χ2n) is 5.62. The highest BCUT2D eigenvalue weighted by molar-refractivity contribution is 5.44. The van der Waals surface area contributed by atoms with Gasteiger partial charge in [-0.3, -0.25) is 0 Å². The predicted octanol–water partition coefficient (Wildman–Crippen LogP) is 3.70. The van der Waals surface area contributed by atoms with Crippen molar-refractivity contribution in [1.82, 2.24) is 15.2 Å². The molecule has 25 heavy (non-hydrogen) atoms. The SMILES string of the molecule is CCOc1cc(CNc2ncn[nH]2)ccc1OCc1ccccc1C. The van der Waals surface area contributed by atoms with Crippen molar-refractivity contribution >= 4 is 5.95 Å². The van der Waals surface area contributed by atoms with E-state index in [1.807, 2.05) is 37.3 Å². The summed E-state index contributed by atoms with van der Waals surface area (Å²) in [6.45, 7) is 5.76. The van der Waals surface area contributed by atoms with Gasteiger partial charge in [-0.05, 0) is 42.7 Å². The fraction of sp³-hybridized carbons (Fsp3) is 0.263. The number of benzene rings is 2. The third-order valence-electron chi connectivity index (χ3n) is 3.83. The van der Waals surface area contributed by atoms with E-state index < -0.39 is 0 Å². The van der Waals surface area contributed by atoms with Crippen molar-refractivity contribution in [2.24, 2.45) is 0 Å². The van der Waals surface area contributed by atoms with Crippen LogP contribution in [0, 0.1) is 6.92 Å². The van der Waals surface area contributed by atoms with Crippen molar-refractivity contribution in [1.29, 1.82) is 0 Å². The number of rotatable bonds is 8. The van der Waals surface area contributed by atoms with E-state index in [2.05, 4.69) is 39.6 Å². The molecule has 0 bridgehead atoms. The molecule has 0 saturated heterocycles. The normalized spacial score (nSPS) is 10.5. The zero-order chi connectivity index (χ0) is 17.5. The lowest BCUT2D eigenvalue weighted by Gasteiger charge is -2.14. The zero-order valence-electron chi connectivity index (χ0n) is 14.5. The van der Waals surface area contributed by atoms with Crippen LogP contribution in [0.3, 0.4) is 0 Å². The smallest absolute Gasteiger partial charge is 0.218 e. The first kappa shape index (κ1) is 16.8. The minimum Gasteiger partial charge on any atom is -0.490 e. The highest BCUT2D eigenvalue weighted by atomic mass is 16.5. The van der Waals surface area contributed by atoms with Gasteiger partial charge >= 0.3 is 0 Å². The van der Waals surface area contributed by atoms with Crippen molar-refractivity contribution in [2.45, 2.75) is 27.0 Å². The first-order valence-electron chi connectivity index (χ1n) is 8.28. The van der Waals surface area contributed by atoms with Crippen LogP contribution >= 0.6 is 0 Å². The number of ether oxygens (including phenoxy) is 2. The van der Waals surface area contributed by atoms with E-state index in [9.17, 15) is 0 Å². The molecule has 0 aliphatic heterocycles. The average Bonchev–Trinajstić information content (AvgIpc) is 3.14. The van der Waals surface area contributed by atoms with E-state index in [-0.39, 0.29) is 0 Å². The van der Waals surface area contributed by atoms with Crippen LogP contribution in [0.15, 0.2) is 48.8 Å². The van der Waals surface area contributed by atoms with Gasteiger partial charge in [-0.2, -0.15) is 5.10 Å².